The summed E-state index contributed by atoms with van der Waals surface area (Å²) >= 11 is 3.36. The zero-order valence-corrected chi connectivity index (χ0v) is 14.4. The number of para-hydroxylation sites is 1. The van der Waals surface area contributed by atoms with Gasteiger partial charge in [0.05, 0.1) is 0 Å². The molecule has 0 bridgehead atoms. The molecule has 1 N–H and O–H groups in total. The third kappa shape index (κ3) is 4.60. The molecular formula is C18H20BrNO2. The van der Waals surface area contributed by atoms with Crippen LogP contribution >= 0.6 is 15.9 Å². The molecule has 0 saturated heterocycles. The zero-order chi connectivity index (χ0) is 15.9. The Labute approximate surface area is 139 Å². The molecule has 2 rings (SSSR count). The molecule has 0 saturated carbocycles. The highest BCUT2D eigenvalue weighted by molar-refractivity contribution is 9.10. The van der Waals surface area contributed by atoms with Crippen LogP contribution in [0, 0.1) is 0 Å². The predicted molar refractivity (Wildman–Crippen MR) is 93.4 cm³/mol. The van der Waals surface area contributed by atoms with E-state index in [4.69, 9.17) is 4.74 Å². The maximum atomic E-state index is 12.1. The van der Waals surface area contributed by atoms with Crippen molar-refractivity contribution in [1.29, 1.82) is 0 Å². The fraction of sp³-hybridized carbons (Fsp3) is 0.278. The summed E-state index contributed by atoms with van der Waals surface area (Å²) in [6.07, 6.45) is 1.03. The first-order valence-corrected chi connectivity index (χ1v) is 8.16. The summed E-state index contributed by atoms with van der Waals surface area (Å²) in [5.74, 6) is 0.927. The minimum absolute atomic E-state index is 0.00350. The average Bonchev–Trinajstić information content (AvgIpc) is 2.54. The van der Waals surface area contributed by atoms with E-state index in [1.807, 2.05) is 42.5 Å². The normalized spacial score (nSPS) is 11.8. The molecule has 0 aliphatic carbocycles. The first kappa shape index (κ1) is 16.6. The van der Waals surface area contributed by atoms with Crippen LogP contribution in [0.3, 0.4) is 0 Å². The Bertz CT molecular complexity index is 625. The lowest BCUT2D eigenvalue weighted by atomic mass is 9.97. The smallest absolute Gasteiger partial charge is 0.262 e. The van der Waals surface area contributed by atoms with Gasteiger partial charge in [-0.2, -0.15) is 0 Å². The van der Waals surface area contributed by atoms with E-state index >= 15 is 0 Å². The first-order chi connectivity index (χ1) is 10.6. The van der Waals surface area contributed by atoms with Gasteiger partial charge < -0.3 is 10.1 Å². The number of rotatable bonds is 6. The number of ether oxygens (including phenoxy) is 1. The summed E-state index contributed by atoms with van der Waals surface area (Å²) in [5, 5.41) is 2.93. The third-order valence-electron chi connectivity index (χ3n) is 3.56. The van der Waals surface area contributed by atoms with E-state index in [9.17, 15) is 4.79 Å². The van der Waals surface area contributed by atoms with E-state index in [-0.39, 0.29) is 12.5 Å². The number of carbonyl (C=O) groups excluding carboxylic acids is 1. The largest absolute Gasteiger partial charge is 0.484 e. The highest BCUT2D eigenvalue weighted by Gasteiger charge is 2.11. The highest BCUT2D eigenvalue weighted by atomic mass is 79.9. The Balaban J connectivity index is 1.96. The van der Waals surface area contributed by atoms with Crippen LogP contribution in [0.15, 0.2) is 53.0 Å². The SMILES string of the molecule is CC[C@@H](C)c1ccccc1NC(=O)COc1ccc(Br)cc1. The molecule has 4 heteroatoms. The molecule has 2 aromatic carbocycles. The molecule has 0 unspecified atom stereocenters. The Morgan fingerprint density at radius 2 is 1.86 bits per heavy atom. The predicted octanol–water partition coefficient (Wildman–Crippen LogP) is 4.98. The van der Waals surface area contributed by atoms with Crippen molar-refractivity contribution in [3.8, 4) is 5.75 Å². The van der Waals surface area contributed by atoms with Gasteiger partial charge in [0.25, 0.3) is 5.91 Å². The van der Waals surface area contributed by atoms with E-state index in [1.54, 1.807) is 0 Å². The van der Waals surface area contributed by atoms with Crippen LogP contribution in [0.4, 0.5) is 5.69 Å². The summed E-state index contributed by atoms with van der Waals surface area (Å²) in [6.45, 7) is 4.29. The fourth-order valence-corrected chi connectivity index (χ4v) is 2.39. The average molecular weight is 362 g/mol. The number of hydrogen-bond donors (Lipinski definition) is 1. The van der Waals surface area contributed by atoms with Crippen LogP contribution in [0.25, 0.3) is 0 Å². The molecule has 3 nitrogen and oxygen atoms in total. The van der Waals surface area contributed by atoms with Crippen LogP contribution in [0.1, 0.15) is 31.7 Å². The van der Waals surface area contributed by atoms with Gasteiger partial charge in [0.1, 0.15) is 5.75 Å². The Hall–Kier alpha value is -1.81. The van der Waals surface area contributed by atoms with E-state index in [1.165, 1.54) is 0 Å². The summed E-state index contributed by atoms with van der Waals surface area (Å²) < 4.78 is 6.47. The maximum Gasteiger partial charge on any atom is 0.262 e. The number of amides is 1. The third-order valence-corrected chi connectivity index (χ3v) is 4.09. The number of benzene rings is 2. The van der Waals surface area contributed by atoms with Crippen molar-refractivity contribution in [2.75, 3.05) is 11.9 Å². The summed E-state index contributed by atoms with van der Waals surface area (Å²) in [6, 6.07) is 15.3. The van der Waals surface area contributed by atoms with Crippen molar-refractivity contribution in [3.63, 3.8) is 0 Å². The van der Waals surface area contributed by atoms with Gasteiger partial charge in [-0.05, 0) is 48.2 Å². The molecule has 0 aromatic heterocycles. The molecule has 0 fully saturated rings. The minimum atomic E-state index is -0.154. The first-order valence-electron chi connectivity index (χ1n) is 7.37. The van der Waals surface area contributed by atoms with Gasteiger partial charge in [-0.15, -0.1) is 0 Å². The van der Waals surface area contributed by atoms with Crippen LogP contribution in [0.2, 0.25) is 0 Å². The quantitative estimate of drug-likeness (QED) is 0.787. The van der Waals surface area contributed by atoms with E-state index in [0.717, 1.165) is 22.1 Å². The van der Waals surface area contributed by atoms with Crippen molar-refractivity contribution in [2.24, 2.45) is 0 Å². The monoisotopic (exact) mass is 361 g/mol. The Morgan fingerprint density at radius 1 is 1.18 bits per heavy atom. The molecule has 0 radical (unpaired) electrons. The molecule has 2 aromatic rings. The molecule has 1 amide bonds. The molecule has 22 heavy (non-hydrogen) atoms. The van der Waals surface area contributed by atoms with Crippen molar-refractivity contribution >= 4 is 27.5 Å². The molecule has 0 spiro atoms. The van der Waals surface area contributed by atoms with Crippen LogP contribution in [0.5, 0.6) is 5.75 Å². The second-order valence-corrected chi connectivity index (χ2v) is 6.10. The summed E-state index contributed by atoms with van der Waals surface area (Å²) in [4.78, 5) is 12.1. The van der Waals surface area contributed by atoms with Crippen molar-refractivity contribution in [2.45, 2.75) is 26.2 Å². The van der Waals surface area contributed by atoms with Gasteiger partial charge in [-0.1, -0.05) is 48.0 Å². The number of nitrogens with one attached hydrogen (secondary N) is 1. The standard InChI is InChI=1S/C18H20BrNO2/c1-3-13(2)16-6-4-5-7-17(16)20-18(21)12-22-15-10-8-14(19)9-11-15/h4-11,13H,3,12H2,1-2H3,(H,20,21)/t13-/m1/s1. The molecule has 0 aliphatic rings. The lowest BCUT2D eigenvalue weighted by molar-refractivity contribution is -0.118. The molecule has 0 aliphatic heterocycles. The number of anilines is 1. The van der Waals surface area contributed by atoms with Crippen molar-refractivity contribution < 1.29 is 9.53 Å². The van der Waals surface area contributed by atoms with Gasteiger partial charge in [0.2, 0.25) is 0 Å². The fourth-order valence-electron chi connectivity index (χ4n) is 2.13. The highest BCUT2D eigenvalue weighted by Crippen LogP contribution is 2.26. The molecule has 0 heterocycles. The molecule has 116 valence electrons. The lowest BCUT2D eigenvalue weighted by Crippen LogP contribution is -2.21. The van der Waals surface area contributed by atoms with Gasteiger partial charge in [0.15, 0.2) is 6.61 Å². The Kier molecular flexibility index (Phi) is 6.01. The molecular weight excluding hydrogens is 342 g/mol. The van der Waals surface area contributed by atoms with Gasteiger partial charge >= 0.3 is 0 Å². The van der Waals surface area contributed by atoms with Gasteiger partial charge in [0, 0.05) is 10.2 Å². The number of hydrogen-bond acceptors (Lipinski definition) is 2. The Morgan fingerprint density at radius 3 is 2.55 bits per heavy atom. The number of halogens is 1. The topological polar surface area (TPSA) is 38.3 Å². The maximum absolute atomic E-state index is 12.1. The zero-order valence-electron chi connectivity index (χ0n) is 12.8. The van der Waals surface area contributed by atoms with Gasteiger partial charge in [-0.25, -0.2) is 0 Å². The van der Waals surface area contributed by atoms with Crippen molar-refractivity contribution in [1.82, 2.24) is 0 Å². The summed E-state index contributed by atoms with van der Waals surface area (Å²) in [5.41, 5.74) is 2.02. The van der Waals surface area contributed by atoms with Crippen LogP contribution in [-0.2, 0) is 4.79 Å². The van der Waals surface area contributed by atoms with Crippen LogP contribution in [-0.4, -0.2) is 12.5 Å². The second-order valence-electron chi connectivity index (χ2n) is 5.19. The van der Waals surface area contributed by atoms with E-state index in [2.05, 4.69) is 41.2 Å². The lowest BCUT2D eigenvalue weighted by Gasteiger charge is -2.15. The van der Waals surface area contributed by atoms with Crippen molar-refractivity contribution in [3.05, 3.63) is 58.6 Å². The summed E-state index contributed by atoms with van der Waals surface area (Å²) in [7, 11) is 0. The minimum Gasteiger partial charge on any atom is -0.484 e. The molecule has 1 atom stereocenters. The van der Waals surface area contributed by atoms with E-state index < -0.39 is 0 Å². The second kappa shape index (κ2) is 7.99. The van der Waals surface area contributed by atoms with E-state index in [0.29, 0.717) is 11.7 Å². The number of carbonyl (C=O) groups is 1. The van der Waals surface area contributed by atoms with Gasteiger partial charge in [-0.3, -0.25) is 4.79 Å². The van der Waals surface area contributed by atoms with Crippen LogP contribution < -0.4 is 10.1 Å².